The van der Waals surface area contributed by atoms with Crippen molar-refractivity contribution in [1.82, 2.24) is 25.7 Å². The standard InChI is InChI=1S/C22H20F3N5O6/c23-22(24,25)18-11(10-27-29-18)9-26-15(31)5-2-8-36-14-4-1-3-12-17(14)21(35)30(20(12)34)13-6-7-16(32)28-19(13)33/h1,3-4,10,13H,2,5-9H2,(H,26,31)(H,27,29)(H,28,32,33). The van der Waals surface area contributed by atoms with Gasteiger partial charge in [0.2, 0.25) is 17.7 Å². The van der Waals surface area contributed by atoms with Gasteiger partial charge in [0.15, 0.2) is 0 Å². The number of benzene rings is 1. The van der Waals surface area contributed by atoms with Crippen LogP contribution in [0.4, 0.5) is 13.2 Å². The van der Waals surface area contributed by atoms with Crippen LogP contribution in [-0.2, 0) is 27.1 Å². The fourth-order valence-corrected chi connectivity index (χ4v) is 3.99. The Morgan fingerprint density at radius 1 is 1.19 bits per heavy atom. The summed E-state index contributed by atoms with van der Waals surface area (Å²) in [6, 6.07) is 3.28. The van der Waals surface area contributed by atoms with E-state index in [0.29, 0.717) is 0 Å². The molecule has 3 N–H and O–H groups in total. The highest BCUT2D eigenvalue weighted by atomic mass is 19.4. The number of H-pyrrole nitrogens is 1. The normalized spacial score (nSPS) is 17.8. The molecule has 190 valence electrons. The lowest BCUT2D eigenvalue weighted by atomic mass is 10.0. The number of nitrogens with zero attached hydrogens (tertiary/aromatic N) is 2. The summed E-state index contributed by atoms with van der Waals surface area (Å²) in [6.45, 7) is -0.382. The number of piperidine rings is 1. The van der Waals surface area contributed by atoms with Crippen LogP contribution in [0.2, 0.25) is 0 Å². The maximum atomic E-state index is 13.0. The van der Waals surface area contributed by atoms with Gasteiger partial charge in [-0.1, -0.05) is 6.07 Å². The first-order chi connectivity index (χ1) is 17.1. The number of ether oxygens (including phenoxy) is 1. The molecule has 2 aliphatic rings. The van der Waals surface area contributed by atoms with E-state index in [-0.39, 0.29) is 61.3 Å². The van der Waals surface area contributed by atoms with Crippen molar-refractivity contribution in [3.63, 3.8) is 0 Å². The molecule has 3 heterocycles. The van der Waals surface area contributed by atoms with E-state index in [1.165, 1.54) is 18.2 Å². The number of hydrogen-bond acceptors (Lipinski definition) is 7. The highest BCUT2D eigenvalue weighted by Crippen LogP contribution is 2.34. The zero-order chi connectivity index (χ0) is 26.0. The van der Waals surface area contributed by atoms with Gasteiger partial charge in [-0.25, -0.2) is 0 Å². The number of aromatic amines is 1. The van der Waals surface area contributed by atoms with E-state index < -0.39 is 47.4 Å². The number of carbonyl (C=O) groups is 5. The molecule has 1 aromatic heterocycles. The largest absolute Gasteiger partial charge is 0.493 e. The number of carbonyl (C=O) groups excluding carboxylic acids is 5. The number of hydrogen-bond donors (Lipinski definition) is 3. The summed E-state index contributed by atoms with van der Waals surface area (Å²) in [5, 5.41) is 9.70. The maximum Gasteiger partial charge on any atom is 0.433 e. The molecule has 11 nitrogen and oxygen atoms in total. The van der Waals surface area contributed by atoms with Gasteiger partial charge in [0.1, 0.15) is 17.5 Å². The SMILES string of the molecule is O=C(CCCOc1cccc2c1C(=O)N(C1CCC(=O)NC1=O)C2=O)NCc1cn[nH]c1C(F)(F)F. The summed E-state index contributed by atoms with van der Waals surface area (Å²) in [4.78, 5) is 62.2. The van der Waals surface area contributed by atoms with E-state index in [2.05, 4.69) is 15.7 Å². The summed E-state index contributed by atoms with van der Waals surface area (Å²) < 4.78 is 44.1. The van der Waals surface area contributed by atoms with Crippen molar-refractivity contribution >= 4 is 29.5 Å². The molecule has 1 unspecified atom stereocenters. The molecule has 1 saturated heterocycles. The molecule has 1 aromatic carbocycles. The van der Waals surface area contributed by atoms with Crippen molar-refractivity contribution in [3.8, 4) is 5.75 Å². The molecule has 1 fully saturated rings. The Morgan fingerprint density at radius 2 is 1.97 bits per heavy atom. The van der Waals surface area contributed by atoms with Crippen molar-refractivity contribution in [2.24, 2.45) is 0 Å². The predicted molar refractivity (Wildman–Crippen MR) is 113 cm³/mol. The molecular formula is C22H20F3N5O6. The Balaban J connectivity index is 1.32. The Morgan fingerprint density at radius 3 is 2.69 bits per heavy atom. The van der Waals surface area contributed by atoms with Crippen LogP contribution in [0.15, 0.2) is 24.4 Å². The quantitative estimate of drug-likeness (QED) is 0.360. The molecule has 2 aromatic rings. The lowest BCUT2D eigenvalue weighted by Gasteiger charge is -2.27. The van der Waals surface area contributed by atoms with Crippen LogP contribution < -0.4 is 15.4 Å². The summed E-state index contributed by atoms with van der Waals surface area (Å²) in [5.41, 5.74) is -1.19. The Kier molecular flexibility index (Phi) is 6.77. The van der Waals surface area contributed by atoms with Gasteiger partial charge in [-0.15, -0.1) is 0 Å². The summed E-state index contributed by atoms with van der Waals surface area (Å²) in [5.74, 6) is -3.03. The summed E-state index contributed by atoms with van der Waals surface area (Å²) in [7, 11) is 0. The number of amides is 5. The lowest BCUT2D eigenvalue weighted by molar-refractivity contribution is -0.142. The molecule has 0 radical (unpaired) electrons. The monoisotopic (exact) mass is 507 g/mol. The van der Waals surface area contributed by atoms with E-state index in [1.54, 1.807) is 0 Å². The molecule has 0 spiro atoms. The van der Waals surface area contributed by atoms with Crippen LogP contribution in [0.3, 0.4) is 0 Å². The third kappa shape index (κ3) is 4.92. The Bertz CT molecular complexity index is 1240. The average molecular weight is 507 g/mol. The van der Waals surface area contributed by atoms with Crippen molar-refractivity contribution in [2.45, 2.75) is 44.4 Å². The van der Waals surface area contributed by atoms with Gasteiger partial charge in [0, 0.05) is 24.9 Å². The molecular weight excluding hydrogens is 487 g/mol. The number of aromatic nitrogens is 2. The van der Waals surface area contributed by atoms with Crippen molar-refractivity contribution in [1.29, 1.82) is 0 Å². The first-order valence-corrected chi connectivity index (χ1v) is 10.9. The van der Waals surface area contributed by atoms with Gasteiger partial charge >= 0.3 is 6.18 Å². The van der Waals surface area contributed by atoms with Crippen LogP contribution in [0.25, 0.3) is 0 Å². The first-order valence-electron chi connectivity index (χ1n) is 10.9. The van der Waals surface area contributed by atoms with Crippen LogP contribution >= 0.6 is 0 Å². The first kappa shape index (κ1) is 24.9. The molecule has 14 heteroatoms. The van der Waals surface area contributed by atoms with Crippen molar-refractivity contribution in [2.75, 3.05) is 6.61 Å². The second-order valence-corrected chi connectivity index (χ2v) is 8.12. The van der Waals surface area contributed by atoms with Gasteiger partial charge < -0.3 is 10.1 Å². The summed E-state index contributed by atoms with van der Waals surface area (Å²) in [6.07, 6.45) is -3.51. The molecule has 4 rings (SSSR count). The van der Waals surface area contributed by atoms with Crippen molar-refractivity contribution < 1.29 is 41.9 Å². The van der Waals surface area contributed by atoms with Crippen LogP contribution in [0, 0.1) is 0 Å². The second kappa shape index (κ2) is 9.79. The summed E-state index contributed by atoms with van der Waals surface area (Å²) >= 11 is 0. The smallest absolute Gasteiger partial charge is 0.433 e. The van der Waals surface area contributed by atoms with E-state index >= 15 is 0 Å². The lowest BCUT2D eigenvalue weighted by Crippen LogP contribution is -2.54. The minimum Gasteiger partial charge on any atom is -0.493 e. The third-order valence-electron chi connectivity index (χ3n) is 5.71. The zero-order valence-electron chi connectivity index (χ0n) is 18.6. The number of nitrogens with one attached hydrogen (secondary N) is 3. The maximum absolute atomic E-state index is 13.0. The number of alkyl halides is 3. The third-order valence-corrected chi connectivity index (χ3v) is 5.71. The Hall–Kier alpha value is -4.23. The van der Waals surface area contributed by atoms with Crippen LogP contribution in [0.5, 0.6) is 5.75 Å². The molecule has 1 atom stereocenters. The average Bonchev–Trinajstić information content (AvgIpc) is 3.39. The van der Waals surface area contributed by atoms with Gasteiger partial charge in [0.05, 0.1) is 23.9 Å². The van der Waals surface area contributed by atoms with E-state index in [9.17, 15) is 37.1 Å². The topological polar surface area (TPSA) is 151 Å². The Labute approximate surface area is 201 Å². The number of fused-ring (bicyclic) bond motifs is 1. The van der Waals surface area contributed by atoms with Gasteiger partial charge in [-0.3, -0.25) is 39.3 Å². The predicted octanol–water partition coefficient (Wildman–Crippen LogP) is 1.31. The molecule has 36 heavy (non-hydrogen) atoms. The highest BCUT2D eigenvalue weighted by Gasteiger charge is 2.46. The fourth-order valence-electron chi connectivity index (χ4n) is 3.99. The van der Waals surface area contributed by atoms with E-state index in [1.807, 2.05) is 5.10 Å². The van der Waals surface area contributed by atoms with Crippen molar-refractivity contribution in [3.05, 3.63) is 46.8 Å². The minimum absolute atomic E-state index is 0.00660. The van der Waals surface area contributed by atoms with Gasteiger partial charge in [-0.05, 0) is 25.0 Å². The molecule has 0 bridgehead atoms. The minimum atomic E-state index is -4.62. The molecule has 2 aliphatic heterocycles. The van der Waals surface area contributed by atoms with E-state index in [4.69, 9.17) is 4.74 Å². The second-order valence-electron chi connectivity index (χ2n) is 8.12. The van der Waals surface area contributed by atoms with Gasteiger partial charge in [-0.2, -0.15) is 18.3 Å². The van der Waals surface area contributed by atoms with Gasteiger partial charge in [0.25, 0.3) is 11.8 Å². The van der Waals surface area contributed by atoms with Crippen LogP contribution in [-0.4, -0.2) is 57.3 Å². The number of rotatable bonds is 8. The molecule has 5 amide bonds. The fraction of sp³-hybridized carbons (Fsp3) is 0.364. The van der Waals surface area contributed by atoms with Crippen LogP contribution in [0.1, 0.15) is 57.7 Å². The zero-order valence-corrected chi connectivity index (χ0v) is 18.6. The molecule has 0 saturated carbocycles. The molecule has 0 aliphatic carbocycles. The number of imide groups is 2. The number of halogens is 3. The highest BCUT2D eigenvalue weighted by molar-refractivity contribution is 6.24. The van der Waals surface area contributed by atoms with E-state index in [0.717, 1.165) is 11.1 Å².